The molecular formula is C12H20N4O2S. The number of amides is 2. The molecule has 1 saturated heterocycles. The van der Waals surface area contributed by atoms with Crippen molar-refractivity contribution in [3.05, 3.63) is 11.6 Å². The van der Waals surface area contributed by atoms with Gasteiger partial charge in [-0.3, -0.25) is 0 Å². The third kappa shape index (κ3) is 4.07. The van der Waals surface area contributed by atoms with E-state index >= 15 is 0 Å². The van der Waals surface area contributed by atoms with E-state index in [9.17, 15) is 4.79 Å². The Morgan fingerprint density at radius 3 is 3.26 bits per heavy atom. The van der Waals surface area contributed by atoms with Gasteiger partial charge in [0.1, 0.15) is 0 Å². The van der Waals surface area contributed by atoms with Crippen molar-refractivity contribution >= 4 is 22.5 Å². The molecule has 19 heavy (non-hydrogen) atoms. The van der Waals surface area contributed by atoms with Gasteiger partial charge < -0.3 is 20.3 Å². The molecule has 0 radical (unpaired) electrons. The number of anilines is 1. The minimum atomic E-state index is -0.136. The highest BCUT2D eigenvalue weighted by atomic mass is 32.1. The molecule has 2 N–H and O–H groups in total. The number of nitrogens with one attached hydrogen (secondary N) is 2. The van der Waals surface area contributed by atoms with Gasteiger partial charge in [-0.2, -0.15) is 0 Å². The predicted octanol–water partition coefficient (Wildman–Crippen LogP) is 1.06. The van der Waals surface area contributed by atoms with Gasteiger partial charge in [-0.15, -0.1) is 11.3 Å². The van der Waals surface area contributed by atoms with Gasteiger partial charge in [-0.25, -0.2) is 9.78 Å². The van der Waals surface area contributed by atoms with E-state index in [2.05, 4.69) is 20.5 Å². The Kier molecular flexibility index (Phi) is 5.41. The molecule has 1 aromatic heterocycles. The van der Waals surface area contributed by atoms with Gasteiger partial charge in [-0.05, 0) is 12.8 Å². The number of urea groups is 1. The molecule has 0 bridgehead atoms. The van der Waals surface area contributed by atoms with Crippen molar-refractivity contribution in [1.82, 2.24) is 15.6 Å². The fourth-order valence-electron chi connectivity index (χ4n) is 2.20. The molecule has 2 heterocycles. The Labute approximate surface area is 117 Å². The summed E-state index contributed by atoms with van der Waals surface area (Å²) in [6.07, 6.45) is 4.06. The van der Waals surface area contributed by atoms with E-state index in [1.54, 1.807) is 18.4 Å². The van der Waals surface area contributed by atoms with Gasteiger partial charge in [0.15, 0.2) is 5.13 Å². The summed E-state index contributed by atoms with van der Waals surface area (Å²) < 4.78 is 4.88. The molecule has 1 fully saturated rings. The van der Waals surface area contributed by atoms with Gasteiger partial charge in [0.05, 0.1) is 6.61 Å². The van der Waals surface area contributed by atoms with Crippen molar-refractivity contribution in [2.45, 2.75) is 18.9 Å². The Bertz CT molecular complexity index is 385. The normalized spacial score (nSPS) is 18.6. The topological polar surface area (TPSA) is 66.5 Å². The molecule has 106 valence electrons. The minimum absolute atomic E-state index is 0.136. The summed E-state index contributed by atoms with van der Waals surface area (Å²) in [4.78, 5) is 18.2. The molecule has 1 aliphatic rings. The number of carbonyl (C=O) groups excluding carboxylic acids is 1. The number of hydrogen-bond acceptors (Lipinski definition) is 5. The summed E-state index contributed by atoms with van der Waals surface area (Å²) in [6.45, 7) is 2.73. The zero-order valence-electron chi connectivity index (χ0n) is 11.1. The van der Waals surface area contributed by atoms with E-state index < -0.39 is 0 Å². The van der Waals surface area contributed by atoms with Crippen molar-refractivity contribution < 1.29 is 9.53 Å². The Balaban J connectivity index is 1.74. The third-order valence-corrected chi connectivity index (χ3v) is 3.94. The number of carbonyl (C=O) groups is 1. The number of thiazole rings is 1. The molecule has 1 unspecified atom stereocenters. The second kappa shape index (κ2) is 7.30. The summed E-state index contributed by atoms with van der Waals surface area (Å²) >= 11 is 1.65. The third-order valence-electron chi connectivity index (χ3n) is 3.13. The number of ether oxygens (including phenoxy) is 1. The quantitative estimate of drug-likeness (QED) is 0.767. The average Bonchev–Trinajstić information content (AvgIpc) is 3.07. The maximum absolute atomic E-state index is 11.6. The zero-order chi connectivity index (χ0) is 13.5. The maximum atomic E-state index is 11.6. The Morgan fingerprint density at radius 2 is 2.53 bits per heavy atom. The second-order valence-electron chi connectivity index (χ2n) is 4.43. The van der Waals surface area contributed by atoms with Crippen LogP contribution in [-0.4, -0.2) is 50.4 Å². The van der Waals surface area contributed by atoms with Crippen molar-refractivity contribution in [2.75, 3.05) is 38.3 Å². The molecular weight excluding hydrogens is 264 g/mol. The molecule has 7 heteroatoms. The van der Waals surface area contributed by atoms with Crippen LogP contribution in [0, 0.1) is 0 Å². The molecule has 0 saturated carbocycles. The maximum Gasteiger partial charge on any atom is 0.314 e. The summed E-state index contributed by atoms with van der Waals surface area (Å²) in [5.41, 5.74) is 0. The lowest BCUT2D eigenvalue weighted by molar-refractivity contribution is 0.195. The van der Waals surface area contributed by atoms with Gasteiger partial charge in [-0.1, -0.05) is 0 Å². The number of nitrogens with zero attached hydrogens (tertiary/aromatic N) is 2. The van der Waals surface area contributed by atoms with E-state index in [0.29, 0.717) is 25.7 Å². The fourth-order valence-corrected chi connectivity index (χ4v) is 2.94. The SMILES string of the molecule is COCCNC(=O)NCC1CCCN1c1nccs1. The van der Waals surface area contributed by atoms with Crippen LogP contribution in [0.2, 0.25) is 0 Å². The number of methoxy groups -OCH3 is 1. The average molecular weight is 284 g/mol. The summed E-state index contributed by atoms with van der Waals surface area (Å²) in [5, 5.41) is 8.68. The largest absolute Gasteiger partial charge is 0.383 e. The van der Waals surface area contributed by atoms with Crippen molar-refractivity contribution in [1.29, 1.82) is 0 Å². The van der Waals surface area contributed by atoms with Crippen molar-refractivity contribution in [3.63, 3.8) is 0 Å². The summed E-state index contributed by atoms with van der Waals surface area (Å²) in [6, 6.07) is 0.211. The highest BCUT2D eigenvalue weighted by Gasteiger charge is 2.26. The zero-order valence-corrected chi connectivity index (χ0v) is 11.9. The van der Waals surface area contributed by atoms with E-state index in [0.717, 1.165) is 24.5 Å². The van der Waals surface area contributed by atoms with Crippen LogP contribution in [0.1, 0.15) is 12.8 Å². The molecule has 0 spiro atoms. The Morgan fingerprint density at radius 1 is 1.63 bits per heavy atom. The summed E-state index contributed by atoms with van der Waals surface area (Å²) in [5.74, 6) is 0. The first-order valence-electron chi connectivity index (χ1n) is 6.48. The highest BCUT2D eigenvalue weighted by molar-refractivity contribution is 7.13. The van der Waals surface area contributed by atoms with Gasteiger partial charge in [0, 0.05) is 44.4 Å². The van der Waals surface area contributed by atoms with Crippen LogP contribution in [0.4, 0.5) is 9.93 Å². The first-order valence-corrected chi connectivity index (χ1v) is 7.36. The highest BCUT2D eigenvalue weighted by Crippen LogP contribution is 2.26. The number of hydrogen-bond donors (Lipinski definition) is 2. The first kappa shape index (κ1) is 14.1. The van der Waals surface area contributed by atoms with E-state index in [-0.39, 0.29) is 6.03 Å². The van der Waals surface area contributed by atoms with Crippen LogP contribution in [0.3, 0.4) is 0 Å². The number of aromatic nitrogens is 1. The molecule has 0 aliphatic carbocycles. The van der Waals surface area contributed by atoms with E-state index in [1.165, 1.54) is 0 Å². The van der Waals surface area contributed by atoms with Crippen LogP contribution in [0.15, 0.2) is 11.6 Å². The van der Waals surface area contributed by atoms with Crippen LogP contribution in [-0.2, 0) is 4.74 Å². The van der Waals surface area contributed by atoms with Gasteiger partial charge >= 0.3 is 6.03 Å². The molecule has 0 aromatic carbocycles. The first-order chi connectivity index (χ1) is 9.31. The smallest absolute Gasteiger partial charge is 0.314 e. The molecule has 1 aromatic rings. The van der Waals surface area contributed by atoms with E-state index in [1.807, 2.05) is 11.6 Å². The van der Waals surface area contributed by atoms with Crippen molar-refractivity contribution in [3.8, 4) is 0 Å². The minimum Gasteiger partial charge on any atom is -0.383 e. The van der Waals surface area contributed by atoms with Gasteiger partial charge in [0.2, 0.25) is 0 Å². The molecule has 6 nitrogen and oxygen atoms in total. The van der Waals surface area contributed by atoms with Gasteiger partial charge in [0.25, 0.3) is 0 Å². The molecule has 1 atom stereocenters. The predicted molar refractivity (Wildman–Crippen MR) is 75.8 cm³/mol. The Hall–Kier alpha value is -1.34. The van der Waals surface area contributed by atoms with Crippen molar-refractivity contribution in [2.24, 2.45) is 0 Å². The molecule has 2 rings (SSSR count). The second-order valence-corrected chi connectivity index (χ2v) is 5.31. The summed E-state index contributed by atoms with van der Waals surface area (Å²) in [7, 11) is 1.62. The number of rotatable bonds is 6. The fraction of sp³-hybridized carbons (Fsp3) is 0.667. The monoisotopic (exact) mass is 284 g/mol. The van der Waals surface area contributed by atoms with Crippen LogP contribution < -0.4 is 15.5 Å². The standard InChI is InChI=1S/C12H20N4O2S/c1-18-7-4-13-11(17)15-9-10-3-2-6-16(10)12-14-5-8-19-12/h5,8,10H,2-4,6-7,9H2,1H3,(H2,13,15,17). The van der Waals surface area contributed by atoms with E-state index in [4.69, 9.17) is 4.74 Å². The molecule has 2 amide bonds. The van der Waals surface area contributed by atoms with Crippen LogP contribution >= 0.6 is 11.3 Å². The van der Waals surface area contributed by atoms with Crippen LogP contribution in [0.25, 0.3) is 0 Å². The van der Waals surface area contributed by atoms with Crippen LogP contribution in [0.5, 0.6) is 0 Å². The lowest BCUT2D eigenvalue weighted by Gasteiger charge is -2.24. The lowest BCUT2D eigenvalue weighted by Crippen LogP contribution is -2.44. The lowest BCUT2D eigenvalue weighted by atomic mass is 10.2. The molecule has 1 aliphatic heterocycles.